The average molecular weight is 566 g/mol. The van der Waals surface area contributed by atoms with Crippen LogP contribution >= 0.6 is 0 Å². The molecule has 0 N–H and O–H groups in total. The van der Waals surface area contributed by atoms with Gasteiger partial charge in [-0.25, -0.2) is 15.0 Å². The second kappa shape index (κ2) is 11.5. The smallest absolute Gasteiger partial charge is 0.164 e. The van der Waals surface area contributed by atoms with Gasteiger partial charge in [0.25, 0.3) is 0 Å². The Balaban J connectivity index is 0.00000312. The van der Waals surface area contributed by atoms with Crippen molar-refractivity contribution >= 4 is 0 Å². The van der Waals surface area contributed by atoms with Gasteiger partial charge in [-0.3, -0.25) is 0 Å². The van der Waals surface area contributed by atoms with Crippen LogP contribution in [0.2, 0.25) is 0 Å². The molecule has 0 bridgehead atoms. The minimum atomic E-state index is 0. The number of fused-ring (bicyclic) bond motifs is 3. The van der Waals surface area contributed by atoms with Crippen molar-refractivity contribution in [1.29, 1.82) is 0 Å². The quantitative estimate of drug-likeness (QED) is 0.208. The van der Waals surface area contributed by atoms with Crippen LogP contribution < -0.4 is 0 Å². The molecule has 7 aromatic rings. The van der Waals surface area contributed by atoms with Crippen molar-refractivity contribution < 1.29 is 0 Å². The molecule has 1 aliphatic carbocycles. The maximum Gasteiger partial charge on any atom is 0.164 e. The first-order chi connectivity index (χ1) is 21.3. The van der Waals surface area contributed by atoms with E-state index in [0.29, 0.717) is 17.5 Å². The molecule has 0 fully saturated rings. The molecule has 44 heavy (non-hydrogen) atoms. The lowest BCUT2D eigenvalue weighted by atomic mass is 9.95. The van der Waals surface area contributed by atoms with E-state index in [2.05, 4.69) is 91.0 Å². The second-order valence-corrected chi connectivity index (χ2v) is 10.9. The zero-order valence-corrected chi connectivity index (χ0v) is 23.5. The highest BCUT2D eigenvalue weighted by atomic mass is 15.0. The molecule has 0 saturated heterocycles. The standard InChI is InChI=1S/C40H27N3.CH4/c1-4-12-27(13-5-1)34-20-11-21-35-36-25-31(22-23-32(36)26-37(34)35)30-18-10-19-33(24-30)40-42-38(28-14-6-2-7-15-28)41-39(43-40)29-16-8-3-9-17-29;/h1-25H,26H2;1H4. The first kappa shape index (κ1) is 27.2. The minimum absolute atomic E-state index is 0. The molecule has 8 rings (SSSR count). The van der Waals surface area contributed by atoms with Crippen LogP contribution in [-0.4, -0.2) is 15.0 Å². The van der Waals surface area contributed by atoms with E-state index in [4.69, 9.17) is 15.0 Å². The molecular formula is C41H31N3. The normalized spacial score (nSPS) is 11.4. The summed E-state index contributed by atoms with van der Waals surface area (Å²) in [5, 5.41) is 0. The van der Waals surface area contributed by atoms with Gasteiger partial charge in [0.15, 0.2) is 17.5 Å². The maximum absolute atomic E-state index is 4.94. The fourth-order valence-electron chi connectivity index (χ4n) is 6.04. The number of benzene rings is 6. The first-order valence-electron chi connectivity index (χ1n) is 14.6. The summed E-state index contributed by atoms with van der Waals surface area (Å²) in [6.45, 7) is 0. The van der Waals surface area contributed by atoms with Crippen molar-refractivity contribution in [3.8, 4) is 67.5 Å². The Morgan fingerprint density at radius 2 is 0.818 bits per heavy atom. The molecule has 210 valence electrons. The average Bonchev–Trinajstić information content (AvgIpc) is 3.47. The van der Waals surface area contributed by atoms with Crippen LogP contribution in [0, 0.1) is 0 Å². The van der Waals surface area contributed by atoms with E-state index in [1.54, 1.807) is 0 Å². The number of aromatic nitrogens is 3. The van der Waals surface area contributed by atoms with E-state index < -0.39 is 0 Å². The predicted octanol–water partition coefficient (Wildman–Crippen LogP) is 10.4. The van der Waals surface area contributed by atoms with Gasteiger partial charge >= 0.3 is 0 Å². The summed E-state index contributed by atoms with van der Waals surface area (Å²) in [6, 6.07) is 53.0. The lowest BCUT2D eigenvalue weighted by molar-refractivity contribution is 1.07. The molecule has 0 unspecified atom stereocenters. The number of rotatable bonds is 5. The molecule has 0 aliphatic heterocycles. The molecule has 0 atom stereocenters. The zero-order chi connectivity index (χ0) is 28.6. The lowest BCUT2D eigenvalue weighted by Crippen LogP contribution is -2.00. The molecule has 0 spiro atoms. The topological polar surface area (TPSA) is 38.7 Å². The zero-order valence-electron chi connectivity index (χ0n) is 23.5. The second-order valence-electron chi connectivity index (χ2n) is 10.9. The largest absolute Gasteiger partial charge is 0.208 e. The number of hydrogen-bond donors (Lipinski definition) is 0. The third-order valence-electron chi connectivity index (χ3n) is 8.18. The van der Waals surface area contributed by atoms with Gasteiger partial charge in [0, 0.05) is 16.7 Å². The van der Waals surface area contributed by atoms with Crippen LogP contribution in [0.1, 0.15) is 18.6 Å². The fourth-order valence-corrected chi connectivity index (χ4v) is 6.04. The van der Waals surface area contributed by atoms with E-state index >= 15 is 0 Å². The summed E-state index contributed by atoms with van der Waals surface area (Å²) in [4.78, 5) is 14.7. The van der Waals surface area contributed by atoms with Gasteiger partial charge in [-0.05, 0) is 63.1 Å². The third kappa shape index (κ3) is 4.99. The van der Waals surface area contributed by atoms with Gasteiger partial charge in [0.05, 0.1) is 0 Å². The Hall–Kier alpha value is -5.67. The van der Waals surface area contributed by atoms with Crippen molar-refractivity contribution in [2.45, 2.75) is 13.8 Å². The lowest BCUT2D eigenvalue weighted by Gasteiger charge is -2.11. The van der Waals surface area contributed by atoms with Gasteiger partial charge in [-0.15, -0.1) is 0 Å². The molecule has 1 heterocycles. The summed E-state index contributed by atoms with van der Waals surface area (Å²) in [7, 11) is 0. The van der Waals surface area contributed by atoms with Crippen LogP contribution in [0.25, 0.3) is 67.5 Å². The van der Waals surface area contributed by atoms with Crippen LogP contribution in [0.3, 0.4) is 0 Å². The molecule has 1 aliphatic rings. The Morgan fingerprint density at radius 3 is 1.45 bits per heavy atom. The van der Waals surface area contributed by atoms with Gasteiger partial charge in [0.1, 0.15) is 0 Å². The third-order valence-corrected chi connectivity index (χ3v) is 8.18. The molecule has 3 heteroatoms. The van der Waals surface area contributed by atoms with Crippen molar-refractivity contribution in [2.75, 3.05) is 0 Å². The monoisotopic (exact) mass is 565 g/mol. The first-order valence-corrected chi connectivity index (χ1v) is 14.6. The van der Waals surface area contributed by atoms with Crippen LogP contribution in [0.15, 0.2) is 152 Å². The van der Waals surface area contributed by atoms with Gasteiger partial charge < -0.3 is 0 Å². The van der Waals surface area contributed by atoms with E-state index in [1.807, 2.05) is 60.7 Å². The highest BCUT2D eigenvalue weighted by Gasteiger charge is 2.22. The molecule has 6 aromatic carbocycles. The van der Waals surface area contributed by atoms with Crippen molar-refractivity contribution in [2.24, 2.45) is 0 Å². The summed E-state index contributed by atoms with van der Waals surface area (Å²) >= 11 is 0. The van der Waals surface area contributed by atoms with Gasteiger partial charge in [-0.2, -0.15) is 0 Å². The van der Waals surface area contributed by atoms with E-state index in [0.717, 1.165) is 28.7 Å². The molecule has 0 amide bonds. The van der Waals surface area contributed by atoms with Crippen LogP contribution in [0.4, 0.5) is 0 Å². The fraction of sp³-hybridized carbons (Fsp3) is 0.0488. The summed E-state index contributed by atoms with van der Waals surface area (Å²) < 4.78 is 0. The highest BCUT2D eigenvalue weighted by molar-refractivity contribution is 5.87. The Morgan fingerprint density at radius 1 is 0.341 bits per heavy atom. The molecular weight excluding hydrogens is 534 g/mol. The van der Waals surface area contributed by atoms with Gasteiger partial charge in [0.2, 0.25) is 0 Å². The number of nitrogens with zero attached hydrogens (tertiary/aromatic N) is 3. The van der Waals surface area contributed by atoms with Crippen molar-refractivity contribution in [1.82, 2.24) is 15.0 Å². The Labute approximate surface area is 258 Å². The maximum atomic E-state index is 4.94. The summed E-state index contributed by atoms with van der Waals surface area (Å²) in [5.41, 5.74) is 13.2. The van der Waals surface area contributed by atoms with Crippen molar-refractivity contribution in [3.05, 3.63) is 163 Å². The summed E-state index contributed by atoms with van der Waals surface area (Å²) in [5.74, 6) is 1.99. The molecule has 3 nitrogen and oxygen atoms in total. The molecule has 0 saturated carbocycles. The van der Waals surface area contributed by atoms with Gasteiger partial charge in [-0.1, -0.05) is 147 Å². The van der Waals surface area contributed by atoms with Crippen molar-refractivity contribution in [3.63, 3.8) is 0 Å². The Kier molecular flexibility index (Phi) is 7.13. The molecule has 0 radical (unpaired) electrons. The minimum Gasteiger partial charge on any atom is -0.208 e. The number of hydrogen-bond acceptors (Lipinski definition) is 3. The van der Waals surface area contributed by atoms with E-state index in [1.165, 1.54) is 38.9 Å². The van der Waals surface area contributed by atoms with E-state index in [-0.39, 0.29) is 7.43 Å². The van der Waals surface area contributed by atoms with E-state index in [9.17, 15) is 0 Å². The Bertz CT molecular complexity index is 2030. The summed E-state index contributed by atoms with van der Waals surface area (Å²) in [6.07, 6.45) is 0.950. The molecule has 1 aromatic heterocycles. The van der Waals surface area contributed by atoms with Crippen LogP contribution in [0.5, 0.6) is 0 Å². The highest BCUT2D eigenvalue weighted by Crippen LogP contribution is 2.43. The predicted molar refractivity (Wildman–Crippen MR) is 182 cm³/mol. The SMILES string of the molecule is C.c1ccc(-c2nc(-c3ccccc3)nc(-c3cccc(-c4ccc5c(c4)-c4cccc(-c6ccccc6)c4C5)c3)n2)cc1. The van der Waals surface area contributed by atoms with Crippen LogP contribution in [-0.2, 0) is 6.42 Å².